The fourth-order valence-corrected chi connectivity index (χ4v) is 2.56. The standard InChI is InChI=1S/C24H19NO4/c1-16-3-11-21(12-4-16)28-23(26)17(2)24(27)29-22-13-9-20(10-14-22)19-7-5-18(15-25)6-8-19/h3-14,17H,1-2H3. The number of esters is 2. The van der Waals surface area contributed by atoms with Crippen molar-refractivity contribution in [2.24, 2.45) is 5.92 Å². The second-order valence-corrected chi connectivity index (χ2v) is 6.59. The first kappa shape index (κ1) is 19.8. The molecule has 3 rings (SSSR count). The third-order valence-corrected chi connectivity index (χ3v) is 4.37. The van der Waals surface area contributed by atoms with Gasteiger partial charge < -0.3 is 9.47 Å². The molecule has 1 unspecified atom stereocenters. The predicted octanol–water partition coefficient (Wildman–Crippen LogP) is 4.68. The van der Waals surface area contributed by atoms with Crippen molar-refractivity contribution < 1.29 is 19.1 Å². The normalized spacial score (nSPS) is 11.2. The summed E-state index contributed by atoms with van der Waals surface area (Å²) in [6, 6.07) is 23.2. The van der Waals surface area contributed by atoms with Crippen LogP contribution in [0.2, 0.25) is 0 Å². The van der Waals surface area contributed by atoms with E-state index in [0.29, 0.717) is 17.1 Å². The van der Waals surface area contributed by atoms with E-state index in [4.69, 9.17) is 14.7 Å². The summed E-state index contributed by atoms with van der Waals surface area (Å²) < 4.78 is 10.5. The van der Waals surface area contributed by atoms with E-state index in [2.05, 4.69) is 6.07 Å². The first-order valence-electron chi connectivity index (χ1n) is 9.07. The highest BCUT2D eigenvalue weighted by Crippen LogP contribution is 2.23. The van der Waals surface area contributed by atoms with Crippen molar-refractivity contribution in [3.8, 4) is 28.7 Å². The smallest absolute Gasteiger partial charge is 0.325 e. The second kappa shape index (κ2) is 8.85. The van der Waals surface area contributed by atoms with E-state index in [-0.39, 0.29) is 0 Å². The molecule has 0 aliphatic heterocycles. The maximum absolute atomic E-state index is 12.3. The van der Waals surface area contributed by atoms with Crippen LogP contribution in [0, 0.1) is 24.2 Å². The molecule has 0 aliphatic rings. The third-order valence-electron chi connectivity index (χ3n) is 4.37. The molecule has 1 atom stereocenters. The van der Waals surface area contributed by atoms with Crippen molar-refractivity contribution >= 4 is 11.9 Å². The Kier molecular flexibility index (Phi) is 6.06. The van der Waals surface area contributed by atoms with Gasteiger partial charge in [-0.25, -0.2) is 0 Å². The number of carbonyl (C=O) groups is 2. The van der Waals surface area contributed by atoms with Gasteiger partial charge in [0.05, 0.1) is 11.6 Å². The molecule has 0 saturated carbocycles. The Labute approximate surface area is 169 Å². The van der Waals surface area contributed by atoms with Gasteiger partial charge in [-0.1, -0.05) is 42.0 Å². The molecule has 0 amide bonds. The lowest BCUT2D eigenvalue weighted by atomic mass is 10.0. The molecule has 0 aliphatic carbocycles. The lowest BCUT2D eigenvalue weighted by molar-refractivity contribution is -0.150. The Balaban J connectivity index is 1.61. The van der Waals surface area contributed by atoms with Crippen LogP contribution in [0.1, 0.15) is 18.1 Å². The van der Waals surface area contributed by atoms with Crippen LogP contribution >= 0.6 is 0 Å². The van der Waals surface area contributed by atoms with E-state index < -0.39 is 17.9 Å². The van der Waals surface area contributed by atoms with Crippen LogP contribution in [0.5, 0.6) is 11.5 Å². The number of hydrogen-bond donors (Lipinski definition) is 0. The molecule has 0 heterocycles. The van der Waals surface area contributed by atoms with Crippen molar-refractivity contribution in [1.82, 2.24) is 0 Å². The second-order valence-electron chi connectivity index (χ2n) is 6.59. The van der Waals surface area contributed by atoms with Crippen molar-refractivity contribution in [3.05, 3.63) is 83.9 Å². The number of nitrogens with zero attached hydrogens (tertiary/aromatic N) is 1. The third kappa shape index (κ3) is 5.08. The number of ether oxygens (including phenoxy) is 2. The molecule has 0 radical (unpaired) electrons. The summed E-state index contributed by atoms with van der Waals surface area (Å²) in [5.41, 5.74) is 3.49. The Morgan fingerprint density at radius 1 is 0.759 bits per heavy atom. The Morgan fingerprint density at radius 3 is 1.62 bits per heavy atom. The number of carbonyl (C=O) groups excluding carboxylic acids is 2. The molecule has 3 aromatic rings. The first-order chi connectivity index (χ1) is 14.0. The minimum absolute atomic E-state index is 0.336. The van der Waals surface area contributed by atoms with Crippen LogP contribution in [0.3, 0.4) is 0 Å². The average molecular weight is 385 g/mol. The van der Waals surface area contributed by atoms with Crippen LogP contribution in [0.15, 0.2) is 72.8 Å². The van der Waals surface area contributed by atoms with Gasteiger partial charge in [-0.2, -0.15) is 5.26 Å². The zero-order valence-corrected chi connectivity index (χ0v) is 16.1. The Hall–Kier alpha value is -3.91. The summed E-state index contributed by atoms with van der Waals surface area (Å²) in [5, 5.41) is 8.87. The Bertz CT molecular complexity index is 1050. The van der Waals surface area contributed by atoms with Crippen molar-refractivity contribution in [2.45, 2.75) is 13.8 Å². The van der Waals surface area contributed by atoms with E-state index in [0.717, 1.165) is 16.7 Å². The molecular weight excluding hydrogens is 366 g/mol. The van der Waals surface area contributed by atoms with Crippen LogP contribution < -0.4 is 9.47 Å². The average Bonchev–Trinajstić information content (AvgIpc) is 2.75. The molecule has 29 heavy (non-hydrogen) atoms. The maximum atomic E-state index is 12.3. The zero-order valence-electron chi connectivity index (χ0n) is 16.1. The molecule has 0 fully saturated rings. The van der Waals surface area contributed by atoms with E-state index >= 15 is 0 Å². The van der Waals surface area contributed by atoms with Crippen molar-refractivity contribution in [2.75, 3.05) is 0 Å². The minimum atomic E-state index is -1.06. The quantitative estimate of drug-likeness (QED) is 0.362. The summed E-state index contributed by atoms with van der Waals surface area (Å²) in [7, 11) is 0. The van der Waals surface area contributed by atoms with Crippen molar-refractivity contribution in [3.63, 3.8) is 0 Å². The molecule has 5 nitrogen and oxygen atoms in total. The zero-order chi connectivity index (χ0) is 20.8. The fourth-order valence-electron chi connectivity index (χ4n) is 2.56. The number of hydrogen-bond acceptors (Lipinski definition) is 5. The van der Waals surface area contributed by atoms with Crippen LogP contribution in [-0.4, -0.2) is 11.9 Å². The number of aryl methyl sites for hydroxylation is 1. The van der Waals surface area contributed by atoms with Crippen LogP contribution in [0.25, 0.3) is 11.1 Å². The molecule has 3 aromatic carbocycles. The maximum Gasteiger partial charge on any atom is 0.325 e. The molecule has 0 N–H and O–H groups in total. The van der Waals surface area contributed by atoms with E-state index in [1.54, 1.807) is 48.5 Å². The van der Waals surface area contributed by atoms with Crippen LogP contribution in [0.4, 0.5) is 0 Å². The highest BCUT2D eigenvalue weighted by molar-refractivity contribution is 5.96. The van der Waals surface area contributed by atoms with Gasteiger partial charge in [0.15, 0.2) is 5.92 Å². The van der Waals surface area contributed by atoms with Gasteiger partial charge in [0.1, 0.15) is 11.5 Å². The number of benzene rings is 3. The van der Waals surface area contributed by atoms with Gasteiger partial charge in [0.25, 0.3) is 0 Å². The topological polar surface area (TPSA) is 76.4 Å². The highest BCUT2D eigenvalue weighted by Gasteiger charge is 2.25. The van der Waals surface area contributed by atoms with Gasteiger partial charge in [-0.15, -0.1) is 0 Å². The molecule has 5 heteroatoms. The van der Waals surface area contributed by atoms with E-state index in [1.807, 2.05) is 31.2 Å². The summed E-state index contributed by atoms with van der Waals surface area (Å²) in [4.78, 5) is 24.4. The summed E-state index contributed by atoms with van der Waals surface area (Å²) in [6.07, 6.45) is 0. The van der Waals surface area contributed by atoms with Crippen molar-refractivity contribution in [1.29, 1.82) is 5.26 Å². The largest absolute Gasteiger partial charge is 0.426 e. The lowest BCUT2D eigenvalue weighted by Crippen LogP contribution is -2.29. The molecule has 0 spiro atoms. The number of rotatable bonds is 5. The highest BCUT2D eigenvalue weighted by atomic mass is 16.6. The number of nitriles is 1. The van der Waals surface area contributed by atoms with Gasteiger partial charge in [-0.05, 0) is 61.4 Å². The predicted molar refractivity (Wildman–Crippen MR) is 108 cm³/mol. The molecule has 0 aromatic heterocycles. The van der Waals surface area contributed by atoms with Crippen LogP contribution in [-0.2, 0) is 9.59 Å². The Morgan fingerprint density at radius 2 is 1.17 bits per heavy atom. The molecule has 144 valence electrons. The lowest BCUT2D eigenvalue weighted by Gasteiger charge is -2.11. The minimum Gasteiger partial charge on any atom is -0.426 e. The monoisotopic (exact) mass is 385 g/mol. The molecule has 0 bridgehead atoms. The summed E-state index contributed by atoms with van der Waals surface area (Å²) in [6.45, 7) is 3.38. The van der Waals surface area contributed by atoms with E-state index in [1.165, 1.54) is 6.92 Å². The SMILES string of the molecule is Cc1ccc(OC(=O)C(C)C(=O)Oc2ccc(-c3ccc(C#N)cc3)cc2)cc1. The summed E-state index contributed by atoms with van der Waals surface area (Å²) >= 11 is 0. The van der Waals surface area contributed by atoms with Gasteiger partial charge in [-0.3, -0.25) is 9.59 Å². The van der Waals surface area contributed by atoms with Gasteiger partial charge >= 0.3 is 11.9 Å². The summed E-state index contributed by atoms with van der Waals surface area (Å²) in [5.74, 6) is -1.70. The molecule has 0 saturated heterocycles. The van der Waals surface area contributed by atoms with E-state index in [9.17, 15) is 9.59 Å². The fraction of sp³-hybridized carbons (Fsp3) is 0.125. The first-order valence-corrected chi connectivity index (χ1v) is 9.07. The van der Waals surface area contributed by atoms with Gasteiger partial charge in [0.2, 0.25) is 0 Å². The van der Waals surface area contributed by atoms with Gasteiger partial charge in [0, 0.05) is 0 Å². The molecular formula is C24H19NO4.